The highest BCUT2D eigenvalue weighted by atomic mass is 19.1. The van der Waals surface area contributed by atoms with E-state index in [9.17, 15) is 14.0 Å². The molecule has 2 aromatic carbocycles. The van der Waals surface area contributed by atoms with Gasteiger partial charge in [-0.3, -0.25) is 4.79 Å². The van der Waals surface area contributed by atoms with Crippen molar-refractivity contribution in [2.45, 2.75) is 39.8 Å². The number of benzene rings is 2. The van der Waals surface area contributed by atoms with E-state index in [-0.39, 0.29) is 35.2 Å². The number of aryl methyl sites for hydroxylation is 1. The van der Waals surface area contributed by atoms with Crippen LogP contribution >= 0.6 is 0 Å². The van der Waals surface area contributed by atoms with Crippen LogP contribution in [0.5, 0.6) is 0 Å². The van der Waals surface area contributed by atoms with Crippen molar-refractivity contribution in [3.8, 4) is 6.07 Å². The first-order chi connectivity index (χ1) is 16.5. The lowest BCUT2D eigenvalue weighted by atomic mass is 9.86. The molecule has 0 spiro atoms. The zero-order chi connectivity index (χ0) is 25.8. The zero-order valence-electron chi connectivity index (χ0n) is 19.7. The molecule has 4 rings (SSSR count). The fourth-order valence-electron chi connectivity index (χ4n) is 3.84. The fourth-order valence-corrected chi connectivity index (χ4v) is 3.84. The molecule has 1 aliphatic carbocycles. The Kier molecular flexibility index (Phi) is 7.57. The van der Waals surface area contributed by atoms with Gasteiger partial charge in [0.15, 0.2) is 5.69 Å². The van der Waals surface area contributed by atoms with Crippen LogP contribution in [0.2, 0.25) is 0 Å². The number of aromatic nitrogens is 2. The van der Waals surface area contributed by atoms with Crippen LogP contribution in [-0.2, 0) is 13.0 Å². The second kappa shape index (κ2) is 10.4. The van der Waals surface area contributed by atoms with Gasteiger partial charge in [-0.1, -0.05) is 32.0 Å². The normalized spacial score (nSPS) is 15.3. The summed E-state index contributed by atoms with van der Waals surface area (Å²) >= 11 is 0. The number of hydrogen-bond acceptors (Lipinski definition) is 6. The number of carbonyl (C=O) groups excluding carboxylic acids is 1. The number of carboxylic acids is 1. The van der Waals surface area contributed by atoms with Gasteiger partial charge >= 0.3 is 5.97 Å². The number of halogens is 1. The molecule has 8 nitrogen and oxygen atoms in total. The van der Waals surface area contributed by atoms with E-state index in [1.165, 1.54) is 17.2 Å². The number of rotatable bonds is 4. The van der Waals surface area contributed by atoms with Gasteiger partial charge in [-0.15, -0.1) is 0 Å². The van der Waals surface area contributed by atoms with Gasteiger partial charge < -0.3 is 16.2 Å². The standard InChI is InChI=1S/C14H12FN3O3.C12H14N2/c1-8-4-9(2-3-10(8)15)6-16-13(19)11-5-12(14(20)21)18-7-17-11;1-12(2)6-9-5-8(7-13)3-4-10(9)11(12)14/h2-5,7H,6H2,1H3,(H,16,19)(H,20,21);3-5,11H,6,14H2,1-2H3. The minimum Gasteiger partial charge on any atom is -0.477 e. The molecule has 9 heteroatoms. The summed E-state index contributed by atoms with van der Waals surface area (Å²) in [5, 5.41) is 20.2. The van der Waals surface area contributed by atoms with Crippen LogP contribution in [-0.4, -0.2) is 27.0 Å². The third-order valence-electron chi connectivity index (χ3n) is 5.89. The van der Waals surface area contributed by atoms with Crippen LogP contribution in [0.3, 0.4) is 0 Å². The van der Waals surface area contributed by atoms with Gasteiger partial charge in [0.25, 0.3) is 5.91 Å². The SMILES string of the molecule is CC1(C)Cc2cc(C#N)ccc2C1N.Cc1cc(CNC(=O)c2cc(C(=O)O)ncn2)ccc1F. The maximum absolute atomic E-state index is 13.1. The van der Waals surface area contributed by atoms with Crippen LogP contribution < -0.4 is 11.1 Å². The van der Waals surface area contributed by atoms with E-state index in [0.29, 0.717) is 5.56 Å². The number of aromatic carboxylic acids is 1. The topological polar surface area (TPSA) is 142 Å². The minimum absolute atomic E-state index is 0.0405. The number of fused-ring (bicyclic) bond motifs is 1. The van der Waals surface area contributed by atoms with E-state index in [2.05, 4.69) is 35.2 Å². The second-order valence-corrected chi connectivity index (χ2v) is 9.03. The quantitative estimate of drug-likeness (QED) is 0.522. The number of carboxylic acid groups (broad SMARTS) is 1. The summed E-state index contributed by atoms with van der Waals surface area (Å²) in [4.78, 5) is 29.9. The molecule has 0 fully saturated rings. The first kappa shape index (κ1) is 25.5. The number of nitriles is 1. The van der Waals surface area contributed by atoms with Gasteiger partial charge in [0.05, 0.1) is 11.6 Å². The Bertz CT molecular complexity index is 1320. The van der Waals surface area contributed by atoms with E-state index in [1.54, 1.807) is 19.1 Å². The first-order valence-corrected chi connectivity index (χ1v) is 10.9. The lowest BCUT2D eigenvalue weighted by Crippen LogP contribution is -2.24. The molecule has 0 saturated heterocycles. The molecule has 0 aliphatic heterocycles. The van der Waals surface area contributed by atoms with Crippen LogP contribution in [0.1, 0.15) is 68.7 Å². The average Bonchev–Trinajstić information content (AvgIpc) is 3.07. The van der Waals surface area contributed by atoms with Crippen molar-refractivity contribution in [3.05, 3.63) is 93.8 Å². The van der Waals surface area contributed by atoms with E-state index in [4.69, 9.17) is 16.1 Å². The van der Waals surface area contributed by atoms with Crippen molar-refractivity contribution in [2.75, 3.05) is 0 Å². The van der Waals surface area contributed by atoms with Crippen LogP contribution in [0, 0.1) is 29.5 Å². The molecular formula is C26H26FN5O3. The summed E-state index contributed by atoms with van der Waals surface area (Å²) in [6.45, 7) is 6.16. The summed E-state index contributed by atoms with van der Waals surface area (Å²) in [5.41, 5.74) is 10.3. The van der Waals surface area contributed by atoms with Crippen molar-refractivity contribution in [2.24, 2.45) is 11.1 Å². The predicted octanol–water partition coefficient (Wildman–Crippen LogP) is 3.69. The van der Waals surface area contributed by atoms with Gasteiger partial charge in [-0.2, -0.15) is 5.26 Å². The number of amides is 1. The van der Waals surface area contributed by atoms with Crippen molar-refractivity contribution < 1.29 is 19.1 Å². The highest BCUT2D eigenvalue weighted by molar-refractivity contribution is 5.94. The van der Waals surface area contributed by atoms with Gasteiger partial charge in [0.2, 0.25) is 0 Å². The Morgan fingerprint density at radius 2 is 1.91 bits per heavy atom. The molecule has 1 unspecified atom stereocenters. The maximum atomic E-state index is 13.1. The number of hydrogen-bond donors (Lipinski definition) is 3. The summed E-state index contributed by atoms with van der Waals surface area (Å²) < 4.78 is 13.1. The van der Waals surface area contributed by atoms with E-state index in [1.807, 2.05) is 18.2 Å². The molecule has 0 saturated carbocycles. The van der Waals surface area contributed by atoms with Crippen molar-refractivity contribution in [1.29, 1.82) is 5.26 Å². The van der Waals surface area contributed by atoms with Gasteiger partial charge in [0, 0.05) is 18.7 Å². The van der Waals surface area contributed by atoms with E-state index in [0.717, 1.165) is 29.9 Å². The van der Waals surface area contributed by atoms with Crippen molar-refractivity contribution >= 4 is 11.9 Å². The summed E-state index contributed by atoms with van der Waals surface area (Å²) in [6.07, 6.45) is 1.99. The van der Waals surface area contributed by atoms with E-state index >= 15 is 0 Å². The second-order valence-electron chi connectivity index (χ2n) is 9.03. The molecule has 1 amide bonds. The van der Waals surface area contributed by atoms with Crippen molar-refractivity contribution in [1.82, 2.24) is 15.3 Å². The molecule has 1 heterocycles. The number of nitrogens with one attached hydrogen (secondary N) is 1. The highest BCUT2D eigenvalue weighted by Crippen LogP contribution is 2.43. The maximum Gasteiger partial charge on any atom is 0.354 e. The summed E-state index contributed by atoms with van der Waals surface area (Å²) in [7, 11) is 0. The molecule has 35 heavy (non-hydrogen) atoms. The lowest BCUT2D eigenvalue weighted by molar-refractivity contribution is 0.0690. The van der Waals surface area contributed by atoms with Crippen molar-refractivity contribution in [3.63, 3.8) is 0 Å². The van der Waals surface area contributed by atoms with Crippen LogP contribution in [0.15, 0.2) is 48.8 Å². The molecule has 1 atom stereocenters. The van der Waals surface area contributed by atoms with E-state index < -0.39 is 11.9 Å². The Morgan fingerprint density at radius 1 is 1.20 bits per heavy atom. The Labute approximate surface area is 202 Å². The molecular weight excluding hydrogens is 449 g/mol. The molecule has 4 N–H and O–H groups in total. The molecule has 0 radical (unpaired) electrons. The predicted molar refractivity (Wildman–Crippen MR) is 127 cm³/mol. The van der Waals surface area contributed by atoms with Gasteiger partial charge in [-0.05, 0) is 59.2 Å². The monoisotopic (exact) mass is 475 g/mol. The molecule has 3 aromatic rings. The summed E-state index contributed by atoms with van der Waals surface area (Å²) in [6, 6.07) is 13.7. The Balaban J connectivity index is 0.000000211. The molecule has 1 aromatic heterocycles. The molecule has 180 valence electrons. The number of carbonyl (C=O) groups is 2. The first-order valence-electron chi connectivity index (χ1n) is 10.9. The molecule has 0 bridgehead atoms. The Hall–Kier alpha value is -4.16. The van der Waals surface area contributed by atoms with Crippen LogP contribution in [0.4, 0.5) is 4.39 Å². The number of nitrogens with zero attached hydrogens (tertiary/aromatic N) is 3. The fraction of sp³-hybridized carbons (Fsp3) is 0.269. The molecule has 1 aliphatic rings. The third-order valence-corrected chi connectivity index (χ3v) is 5.89. The summed E-state index contributed by atoms with van der Waals surface area (Å²) in [5.74, 6) is -2.07. The third kappa shape index (κ3) is 6.05. The smallest absolute Gasteiger partial charge is 0.354 e. The lowest BCUT2D eigenvalue weighted by Gasteiger charge is -2.23. The largest absolute Gasteiger partial charge is 0.477 e. The average molecular weight is 476 g/mol. The number of nitrogens with two attached hydrogens (primary N) is 1. The Morgan fingerprint density at radius 3 is 2.57 bits per heavy atom. The minimum atomic E-state index is -1.24. The van der Waals surface area contributed by atoms with Gasteiger partial charge in [0.1, 0.15) is 17.8 Å². The van der Waals surface area contributed by atoms with Crippen LogP contribution in [0.25, 0.3) is 0 Å². The zero-order valence-corrected chi connectivity index (χ0v) is 19.7. The highest BCUT2D eigenvalue weighted by Gasteiger charge is 2.36. The van der Waals surface area contributed by atoms with Gasteiger partial charge in [-0.25, -0.2) is 19.2 Å².